The Hall–Kier alpha value is -1.28. The van der Waals surface area contributed by atoms with Crippen LogP contribution >= 0.6 is 15.9 Å². The van der Waals surface area contributed by atoms with Crippen molar-refractivity contribution in [3.63, 3.8) is 0 Å². The van der Waals surface area contributed by atoms with Crippen LogP contribution in [0.25, 0.3) is 0 Å². The topological polar surface area (TPSA) is 12.0 Å². The first-order chi connectivity index (χ1) is 8.97. The standard InChI is InChI=1S/C17H20BrN/c1-11-9-13(3)17(10-12(11)2)14(4)19-16-7-5-15(18)6-8-16/h5-10,14,19H,1-4H3. The highest BCUT2D eigenvalue weighted by Gasteiger charge is 2.09. The van der Waals surface area contributed by atoms with E-state index in [4.69, 9.17) is 0 Å². The van der Waals surface area contributed by atoms with E-state index in [1.807, 2.05) is 0 Å². The Balaban J connectivity index is 2.22. The third-order valence-electron chi connectivity index (χ3n) is 3.58. The van der Waals surface area contributed by atoms with Gasteiger partial charge in [0.1, 0.15) is 0 Å². The lowest BCUT2D eigenvalue weighted by atomic mass is 9.96. The minimum absolute atomic E-state index is 0.306. The fourth-order valence-electron chi connectivity index (χ4n) is 2.32. The summed E-state index contributed by atoms with van der Waals surface area (Å²) in [5, 5.41) is 3.55. The fraction of sp³-hybridized carbons (Fsp3) is 0.294. The first-order valence-corrected chi connectivity index (χ1v) is 7.36. The molecule has 0 aliphatic carbocycles. The molecule has 1 unspecified atom stereocenters. The van der Waals surface area contributed by atoms with Crippen molar-refractivity contribution in [2.24, 2.45) is 0 Å². The highest BCUT2D eigenvalue weighted by molar-refractivity contribution is 9.10. The molecule has 0 aliphatic heterocycles. The molecule has 0 aliphatic rings. The highest BCUT2D eigenvalue weighted by Crippen LogP contribution is 2.25. The number of hydrogen-bond donors (Lipinski definition) is 1. The zero-order valence-corrected chi connectivity index (χ0v) is 13.5. The van der Waals surface area contributed by atoms with Gasteiger partial charge >= 0.3 is 0 Å². The third-order valence-corrected chi connectivity index (χ3v) is 4.10. The third kappa shape index (κ3) is 3.38. The van der Waals surface area contributed by atoms with Gasteiger partial charge in [-0.25, -0.2) is 0 Å². The minimum Gasteiger partial charge on any atom is -0.379 e. The average molecular weight is 318 g/mol. The van der Waals surface area contributed by atoms with Crippen molar-refractivity contribution in [3.05, 3.63) is 63.1 Å². The van der Waals surface area contributed by atoms with Gasteiger partial charge in [-0.05, 0) is 74.2 Å². The zero-order valence-electron chi connectivity index (χ0n) is 11.9. The van der Waals surface area contributed by atoms with Crippen LogP contribution in [0.2, 0.25) is 0 Å². The predicted molar refractivity (Wildman–Crippen MR) is 86.8 cm³/mol. The van der Waals surface area contributed by atoms with E-state index in [2.05, 4.69) is 85.3 Å². The van der Waals surface area contributed by atoms with Crippen molar-refractivity contribution in [2.75, 3.05) is 5.32 Å². The number of halogens is 1. The minimum atomic E-state index is 0.306. The molecule has 0 amide bonds. The van der Waals surface area contributed by atoms with Crippen LogP contribution in [0.3, 0.4) is 0 Å². The lowest BCUT2D eigenvalue weighted by Crippen LogP contribution is -2.08. The Morgan fingerprint density at radius 2 is 1.47 bits per heavy atom. The largest absolute Gasteiger partial charge is 0.379 e. The number of benzene rings is 2. The van der Waals surface area contributed by atoms with Gasteiger partial charge in [0, 0.05) is 16.2 Å². The van der Waals surface area contributed by atoms with Crippen molar-refractivity contribution in [1.29, 1.82) is 0 Å². The van der Waals surface area contributed by atoms with E-state index in [1.54, 1.807) is 0 Å². The van der Waals surface area contributed by atoms with Crippen LogP contribution < -0.4 is 5.32 Å². The summed E-state index contributed by atoms with van der Waals surface area (Å²) in [7, 11) is 0. The van der Waals surface area contributed by atoms with Gasteiger partial charge in [-0.2, -0.15) is 0 Å². The molecule has 0 saturated carbocycles. The molecule has 0 saturated heterocycles. The van der Waals surface area contributed by atoms with Gasteiger partial charge in [-0.3, -0.25) is 0 Å². The Labute approximate surface area is 124 Å². The molecular formula is C17H20BrN. The first kappa shape index (κ1) is 14.1. The Morgan fingerprint density at radius 3 is 2.11 bits per heavy atom. The summed E-state index contributed by atoms with van der Waals surface area (Å²) in [5.74, 6) is 0. The molecule has 19 heavy (non-hydrogen) atoms. The van der Waals surface area contributed by atoms with Gasteiger partial charge in [-0.1, -0.05) is 28.1 Å². The second-order valence-corrected chi connectivity index (χ2v) is 6.08. The first-order valence-electron chi connectivity index (χ1n) is 6.57. The van der Waals surface area contributed by atoms with Crippen LogP contribution in [0.1, 0.15) is 35.2 Å². The molecule has 1 atom stereocenters. The monoisotopic (exact) mass is 317 g/mol. The maximum absolute atomic E-state index is 3.55. The molecule has 2 aromatic rings. The van der Waals surface area contributed by atoms with E-state index >= 15 is 0 Å². The molecule has 0 aromatic heterocycles. The molecule has 2 aromatic carbocycles. The fourth-order valence-corrected chi connectivity index (χ4v) is 2.59. The van der Waals surface area contributed by atoms with Crippen LogP contribution in [0, 0.1) is 20.8 Å². The summed E-state index contributed by atoms with van der Waals surface area (Å²) in [6, 6.07) is 13.2. The van der Waals surface area contributed by atoms with Crippen LogP contribution in [0.4, 0.5) is 5.69 Å². The van der Waals surface area contributed by atoms with Gasteiger partial charge in [0.15, 0.2) is 0 Å². The molecule has 100 valence electrons. The maximum Gasteiger partial charge on any atom is 0.0488 e. The highest BCUT2D eigenvalue weighted by atomic mass is 79.9. The molecule has 0 spiro atoms. The van der Waals surface area contributed by atoms with Crippen LogP contribution in [0.15, 0.2) is 40.9 Å². The molecule has 2 heteroatoms. The number of aryl methyl sites for hydroxylation is 3. The second kappa shape index (κ2) is 5.79. The summed E-state index contributed by atoms with van der Waals surface area (Å²) in [4.78, 5) is 0. The van der Waals surface area contributed by atoms with E-state index in [0.29, 0.717) is 6.04 Å². The molecule has 1 nitrogen and oxygen atoms in total. The van der Waals surface area contributed by atoms with E-state index in [0.717, 1.165) is 10.2 Å². The van der Waals surface area contributed by atoms with Crippen molar-refractivity contribution >= 4 is 21.6 Å². The second-order valence-electron chi connectivity index (χ2n) is 5.17. The van der Waals surface area contributed by atoms with E-state index in [1.165, 1.54) is 22.3 Å². The van der Waals surface area contributed by atoms with Crippen molar-refractivity contribution in [2.45, 2.75) is 33.7 Å². The van der Waals surface area contributed by atoms with Gasteiger partial charge in [0.05, 0.1) is 0 Å². The average Bonchev–Trinajstić information content (AvgIpc) is 2.36. The van der Waals surface area contributed by atoms with Crippen molar-refractivity contribution in [1.82, 2.24) is 0 Å². The lowest BCUT2D eigenvalue weighted by Gasteiger charge is -2.19. The summed E-state index contributed by atoms with van der Waals surface area (Å²) in [6.45, 7) is 8.73. The number of hydrogen-bond acceptors (Lipinski definition) is 1. The Kier molecular flexibility index (Phi) is 4.31. The molecular weight excluding hydrogens is 298 g/mol. The smallest absolute Gasteiger partial charge is 0.0488 e. The SMILES string of the molecule is Cc1cc(C)c(C(C)Nc2ccc(Br)cc2)cc1C. The Morgan fingerprint density at radius 1 is 0.895 bits per heavy atom. The van der Waals surface area contributed by atoms with Gasteiger partial charge in [0.2, 0.25) is 0 Å². The Bertz CT molecular complexity index is 573. The van der Waals surface area contributed by atoms with E-state index in [-0.39, 0.29) is 0 Å². The number of anilines is 1. The molecule has 0 radical (unpaired) electrons. The van der Waals surface area contributed by atoms with E-state index in [9.17, 15) is 0 Å². The zero-order chi connectivity index (χ0) is 14.0. The molecule has 0 bridgehead atoms. The molecule has 0 fully saturated rings. The molecule has 2 rings (SSSR count). The number of nitrogens with one attached hydrogen (secondary N) is 1. The molecule has 0 heterocycles. The van der Waals surface area contributed by atoms with Crippen LogP contribution in [-0.4, -0.2) is 0 Å². The normalized spacial score (nSPS) is 12.3. The maximum atomic E-state index is 3.55. The van der Waals surface area contributed by atoms with Crippen LogP contribution in [-0.2, 0) is 0 Å². The van der Waals surface area contributed by atoms with E-state index < -0.39 is 0 Å². The summed E-state index contributed by atoms with van der Waals surface area (Å²) in [5.41, 5.74) is 6.57. The predicted octanol–water partition coefficient (Wildman–Crippen LogP) is 5.55. The lowest BCUT2D eigenvalue weighted by molar-refractivity contribution is 0.870. The van der Waals surface area contributed by atoms with Gasteiger partial charge < -0.3 is 5.32 Å². The van der Waals surface area contributed by atoms with Crippen LogP contribution in [0.5, 0.6) is 0 Å². The summed E-state index contributed by atoms with van der Waals surface area (Å²) in [6.07, 6.45) is 0. The van der Waals surface area contributed by atoms with Gasteiger partial charge in [-0.15, -0.1) is 0 Å². The van der Waals surface area contributed by atoms with Crippen molar-refractivity contribution < 1.29 is 0 Å². The summed E-state index contributed by atoms with van der Waals surface area (Å²) >= 11 is 3.46. The quantitative estimate of drug-likeness (QED) is 0.782. The summed E-state index contributed by atoms with van der Waals surface area (Å²) < 4.78 is 1.10. The number of rotatable bonds is 3. The van der Waals surface area contributed by atoms with Crippen molar-refractivity contribution in [3.8, 4) is 0 Å². The van der Waals surface area contributed by atoms with Gasteiger partial charge in [0.25, 0.3) is 0 Å². The molecule has 1 N–H and O–H groups in total.